The number of amides is 1. The number of benzene rings is 1. The van der Waals surface area contributed by atoms with E-state index in [2.05, 4.69) is 15.5 Å². The molecule has 6 nitrogen and oxygen atoms in total. The van der Waals surface area contributed by atoms with E-state index in [9.17, 15) is 4.79 Å². The lowest BCUT2D eigenvalue weighted by atomic mass is 10.2. The van der Waals surface area contributed by atoms with Crippen LogP contribution in [-0.4, -0.2) is 33.0 Å². The molecule has 112 valence electrons. The molecular formula is C14H19N5OS. The molecule has 0 radical (unpaired) electrons. The van der Waals surface area contributed by atoms with E-state index in [1.54, 1.807) is 0 Å². The average Bonchev–Trinajstić information content (AvgIpc) is 2.85. The highest BCUT2D eigenvalue weighted by atomic mass is 32.2. The van der Waals surface area contributed by atoms with E-state index in [1.165, 1.54) is 11.8 Å². The second kappa shape index (κ2) is 7.80. The first kappa shape index (κ1) is 15.5. The van der Waals surface area contributed by atoms with E-state index >= 15 is 0 Å². The van der Waals surface area contributed by atoms with Gasteiger partial charge >= 0.3 is 0 Å². The molecule has 2 aromatic rings. The molecule has 1 amide bonds. The fraction of sp³-hybridized carbons (Fsp3) is 0.357. The largest absolute Gasteiger partial charge is 0.351 e. The Morgan fingerprint density at radius 1 is 1.33 bits per heavy atom. The number of aryl methyl sites for hydroxylation is 1. The summed E-state index contributed by atoms with van der Waals surface area (Å²) in [4.78, 5) is 11.9. The Kier molecular flexibility index (Phi) is 5.77. The summed E-state index contributed by atoms with van der Waals surface area (Å²) in [6.07, 6.45) is 0. The van der Waals surface area contributed by atoms with Gasteiger partial charge in [0.05, 0.1) is 5.75 Å². The molecular weight excluding hydrogens is 286 g/mol. The molecule has 0 aliphatic heterocycles. The Hall–Kier alpha value is -1.86. The number of thioether (sulfide) groups is 1. The molecule has 7 heteroatoms. The van der Waals surface area contributed by atoms with Crippen LogP contribution in [0.1, 0.15) is 11.4 Å². The minimum Gasteiger partial charge on any atom is -0.351 e. The quantitative estimate of drug-likeness (QED) is 0.744. The van der Waals surface area contributed by atoms with E-state index in [-0.39, 0.29) is 5.91 Å². The third-order valence-corrected chi connectivity index (χ3v) is 3.89. The van der Waals surface area contributed by atoms with Crippen molar-refractivity contribution in [3.05, 3.63) is 41.7 Å². The number of nitrogens with one attached hydrogen (secondary N) is 1. The summed E-state index contributed by atoms with van der Waals surface area (Å²) in [6.45, 7) is 3.59. The molecule has 0 atom stereocenters. The molecule has 0 unspecified atom stereocenters. The lowest BCUT2D eigenvalue weighted by Gasteiger charge is -2.07. The van der Waals surface area contributed by atoms with Crippen molar-refractivity contribution in [2.75, 3.05) is 12.3 Å². The summed E-state index contributed by atoms with van der Waals surface area (Å²) in [7, 11) is 0. The number of carbonyl (C=O) groups excluding carboxylic acids is 1. The maximum absolute atomic E-state index is 11.9. The fourth-order valence-electron chi connectivity index (χ4n) is 1.83. The Morgan fingerprint density at radius 3 is 2.81 bits per heavy atom. The molecule has 0 spiro atoms. The zero-order valence-electron chi connectivity index (χ0n) is 12.0. The first-order valence-corrected chi connectivity index (χ1v) is 7.72. The van der Waals surface area contributed by atoms with Crippen molar-refractivity contribution in [3.8, 4) is 0 Å². The van der Waals surface area contributed by atoms with Gasteiger partial charge < -0.3 is 15.6 Å². The maximum atomic E-state index is 11.9. The highest BCUT2D eigenvalue weighted by molar-refractivity contribution is 7.99. The van der Waals surface area contributed by atoms with Crippen molar-refractivity contribution in [2.24, 2.45) is 5.73 Å². The average molecular weight is 305 g/mol. The van der Waals surface area contributed by atoms with Crippen LogP contribution in [0.5, 0.6) is 0 Å². The molecule has 2 rings (SSSR count). The molecule has 3 N–H and O–H groups in total. The second-order valence-corrected chi connectivity index (χ2v) is 5.46. The third-order valence-electron chi connectivity index (χ3n) is 2.92. The number of nitrogens with zero attached hydrogens (tertiary/aromatic N) is 3. The van der Waals surface area contributed by atoms with Gasteiger partial charge in [0.1, 0.15) is 5.82 Å². The highest BCUT2D eigenvalue weighted by Crippen LogP contribution is 2.16. The van der Waals surface area contributed by atoms with Crippen LogP contribution in [0.2, 0.25) is 0 Å². The van der Waals surface area contributed by atoms with Gasteiger partial charge in [-0.05, 0) is 12.5 Å². The van der Waals surface area contributed by atoms with Gasteiger partial charge in [0.15, 0.2) is 5.16 Å². The van der Waals surface area contributed by atoms with E-state index in [4.69, 9.17) is 5.73 Å². The maximum Gasteiger partial charge on any atom is 0.230 e. The van der Waals surface area contributed by atoms with Crippen molar-refractivity contribution in [3.63, 3.8) is 0 Å². The van der Waals surface area contributed by atoms with E-state index in [0.717, 1.165) is 16.5 Å². The molecule has 0 aliphatic rings. The molecule has 0 bridgehead atoms. The van der Waals surface area contributed by atoms with Gasteiger partial charge in [-0.3, -0.25) is 4.79 Å². The number of hydrogen-bond acceptors (Lipinski definition) is 5. The highest BCUT2D eigenvalue weighted by Gasteiger charge is 2.11. The summed E-state index contributed by atoms with van der Waals surface area (Å²) >= 11 is 1.37. The van der Waals surface area contributed by atoms with Crippen LogP contribution in [0.15, 0.2) is 35.5 Å². The van der Waals surface area contributed by atoms with Gasteiger partial charge in [-0.1, -0.05) is 42.1 Å². The van der Waals surface area contributed by atoms with Gasteiger partial charge in [-0.2, -0.15) is 0 Å². The van der Waals surface area contributed by atoms with Gasteiger partial charge in [0.25, 0.3) is 0 Å². The van der Waals surface area contributed by atoms with Gasteiger partial charge in [0.2, 0.25) is 5.91 Å². The van der Waals surface area contributed by atoms with Crippen molar-refractivity contribution in [1.82, 2.24) is 20.1 Å². The number of aromatic nitrogens is 3. The summed E-state index contributed by atoms with van der Waals surface area (Å²) in [5.41, 5.74) is 6.64. The molecule has 1 aromatic heterocycles. The number of hydrogen-bond donors (Lipinski definition) is 2. The molecule has 0 saturated heterocycles. The second-order valence-electron chi connectivity index (χ2n) is 4.52. The lowest BCUT2D eigenvalue weighted by molar-refractivity contribution is -0.118. The zero-order chi connectivity index (χ0) is 15.1. The van der Waals surface area contributed by atoms with E-state index in [0.29, 0.717) is 25.4 Å². The Balaban J connectivity index is 1.81. The summed E-state index contributed by atoms with van der Waals surface area (Å²) < 4.78 is 1.93. The van der Waals surface area contributed by atoms with Crippen molar-refractivity contribution < 1.29 is 4.79 Å². The third kappa shape index (κ3) is 4.57. The molecule has 0 aliphatic carbocycles. The van der Waals surface area contributed by atoms with Crippen LogP contribution < -0.4 is 11.1 Å². The molecule has 21 heavy (non-hydrogen) atoms. The summed E-state index contributed by atoms with van der Waals surface area (Å²) in [5.74, 6) is 1.10. The Bertz CT molecular complexity index is 584. The van der Waals surface area contributed by atoms with Crippen LogP contribution in [-0.2, 0) is 17.9 Å². The predicted octanol–water partition coefficient (Wildman–Crippen LogP) is 0.954. The standard InChI is InChI=1S/C14H19N5OS/c1-11-17-18-14(19(11)8-7-15)21-10-13(20)16-9-12-5-3-2-4-6-12/h2-6H,7-10,15H2,1H3,(H,16,20). The van der Waals surface area contributed by atoms with Crippen LogP contribution >= 0.6 is 11.8 Å². The van der Waals surface area contributed by atoms with Crippen LogP contribution in [0.25, 0.3) is 0 Å². The van der Waals surface area contributed by atoms with Crippen LogP contribution in [0.4, 0.5) is 0 Å². The van der Waals surface area contributed by atoms with Gasteiger partial charge in [-0.15, -0.1) is 10.2 Å². The van der Waals surface area contributed by atoms with Crippen LogP contribution in [0, 0.1) is 6.92 Å². The summed E-state index contributed by atoms with van der Waals surface area (Å²) in [6, 6.07) is 9.82. The topological polar surface area (TPSA) is 85.8 Å². The van der Waals surface area contributed by atoms with Crippen molar-refractivity contribution >= 4 is 17.7 Å². The predicted molar refractivity (Wildman–Crippen MR) is 82.8 cm³/mol. The fourth-order valence-corrected chi connectivity index (χ4v) is 2.67. The molecule has 0 fully saturated rings. The van der Waals surface area contributed by atoms with E-state index < -0.39 is 0 Å². The van der Waals surface area contributed by atoms with Gasteiger partial charge in [-0.25, -0.2) is 0 Å². The minimum absolute atomic E-state index is 0.0243. The Labute approximate surface area is 128 Å². The smallest absolute Gasteiger partial charge is 0.230 e. The van der Waals surface area contributed by atoms with E-state index in [1.807, 2.05) is 41.8 Å². The van der Waals surface area contributed by atoms with Gasteiger partial charge in [0, 0.05) is 19.6 Å². The lowest BCUT2D eigenvalue weighted by Crippen LogP contribution is -2.24. The zero-order valence-corrected chi connectivity index (χ0v) is 12.8. The van der Waals surface area contributed by atoms with Crippen molar-refractivity contribution in [1.29, 1.82) is 0 Å². The van der Waals surface area contributed by atoms with Crippen LogP contribution in [0.3, 0.4) is 0 Å². The first-order chi connectivity index (χ1) is 10.2. The molecule has 0 saturated carbocycles. The molecule has 1 heterocycles. The number of nitrogens with two attached hydrogens (primary N) is 1. The Morgan fingerprint density at radius 2 is 2.10 bits per heavy atom. The first-order valence-electron chi connectivity index (χ1n) is 6.74. The number of carbonyl (C=O) groups is 1. The van der Waals surface area contributed by atoms with Crippen molar-refractivity contribution in [2.45, 2.75) is 25.2 Å². The SMILES string of the molecule is Cc1nnc(SCC(=O)NCc2ccccc2)n1CCN. The monoisotopic (exact) mass is 305 g/mol. The number of rotatable bonds is 7. The normalized spacial score (nSPS) is 10.6. The summed E-state index contributed by atoms with van der Waals surface area (Å²) in [5, 5.41) is 11.7. The minimum atomic E-state index is -0.0243. The molecule has 1 aromatic carbocycles.